The Hall–Kier alpha value is -2.50. The zero-order valence-electron chi connectivity index (χ0n) is 11.8. The third kappa shape index (κ3) is 3.09. The summed E-state index contributed by atoms with van der Waals surface area (Å²) in [7, 11) is 1.74. The van der Waals surface area contributed by atoms with E-state index in [1.807, 2.05) is 38.1 Å². The van der Waals surface area contributed by atoms with Crippen LogP contribution in [-0.2, 0) is 0 Å². The summed E-state index contributed by atoms with van der Waals surface area (Å²) >= 11 is 0. The maximum Gasteiger partial charge on any atom is 0.186 e. The molecule has 0 fully saturated rings. The van der Waals surface area contributed by atoms with Crippen molar-refractivity contribution >= 4 is 5.71 Å². The van der Waals surface area contributed by atoms with E-state index in [1.165, 1.54) is 0 Å². The molecule has 0 aliphatic heterocycles. The van der Waals surface area contributed by atoms with Crippen molar-refractivity contribution in [2.24, 2.45) is 5.10 Å². The molecule has 6 heteroatoms. The van der Waals surface area contributed by atoms with Crippen LogP contribution in [0.5, 0.6) is 5.75 Å². The summed E-state index contributed by atoms with van der Waals surface area (Å²) in [5.74, 6) is 1.27. The number of nitrogens with one attached hydrogen (secondary N) is 1. The van der Waals surface area contributed by atoms with Gasteiger partial charge in [-0.3, -0.25) is 0 Å². The number of aromatic nitrogens is 3. The number of hydrogen-bond acceptors (Lipinski definition) is 6. The van der Waals surface area contributed by atoms with Crippen molar-refractivity contribution < 1.29 is 4.74 Å². The van der Waals surface area contributed by atoms with Gasteiger partial charge in [-0.2, -0.15) is 10.2 Å². The van der Waals surface area contributed by atoms with Gasteiger partial charge in [0, 0.05) is 7.05 Å². The van der Waals surface area contributed by atoms with Crippen LogP contribution in [0, 0.1) is 0 Å². The van der Waals surface area contributed by atoms with Crippen LogP contribution in [0.15, 0.2) is 35.6 Å². The summed E-state index contributed by atoms with van der Waals surface area (Å²) < 4.78 is 5.59. The number of hydrogen-bond donors (Lipinski definition) is 1. The Bertz CT molecular complexity index is 612. The Kier molecular flexibility index (Phi) is 4.60. The Morgan fingerprint density at radius 1 is 1.35 bits per heavy atom. The molecule has 2 aromatic rings. The molecule has 104 valence electrons. The maximum absolute atomic E-state index is 5.59. The van der Waals surface area contributed by atoms with Crippen LogP contribution in [0.1, 0.15) is 19.5 Å². The van der Waals surface area contributed by atoms with Crippen LogP contribution in [0.2, 0.25) is 0 Å². The zero-order valence-corrected chi connectivity index (χ0v) is 11.8. The highest BCUT2D eigenvalue weighted by molar-refractivity contribution is 5.96. The van der Waals surface area contributed by atoms with Crippen molar-refractivity contribution in [2.75, 3.05) is 13.7 Å². The summed E-state index contributed by atoms with van der Waals surface area (Å²) in [6.07, 6.45) is 1.59. The lowest BCUT2D eigenvalue weighted by molar-refractivity contribution is 0.341. The standard InChI is InChI=1S/C14H17N5O/c1-4-20-13-8-6-5-7-11(13)14-17-12(9-16-19-14)10(2)18-15-3/h5-9,15H,4H2,1-3H3/b18-10+. The number of benzene rings is 1. The fourth-order valence-electron chi connectivity index (χ4n) is 1.75. The van der Waals surface area contributed by atoms with E-state index in [0.717, 1.165) is 17.0 Å². The van der Waals surface area contributed by atoms with Gasteiger partial charge in [-0.1, -0.05) is 12.1 Å². The Labute approximate surface area is 117 Å². The summed E-state index contributed by atoms with van der Waals surface area (Å²) in [6, 6.07) is 7.64. The fourth-order valence-corrected chi connectivity index (χ4v) is 1.75. The second-order valence-corrected chi connectivity index (χ2v) is 4.02. The van der Waals surface area contributed by atoms with Gasteiger partial charge in [-0.25, -0.2) is 4.98 Å². The molecule has 1 N–H and O–H groups in total. The normalized spacial score (nSPS) is 11.2. The lowest BCUT2D eigenvalue weighted by Gasteiger charge is -2.09. The molecule has 0 bridgehead atoms. The number of ether oxygens (including phenoxy) is 1. The largest absolute Gasteiger partial charge is 0.493 e. The molecule has 0 radical (unpaired) electrons. The molecule has 0 unspecified atom stereocenters. The van der Waals surface area contributed by atoms with Crippen LogP contribution in [0.25, 0.3) is 11.4 Å². The quantitative estimate of drug-likeness (QED) is 0.664. The molecule has 0 spiro atoms. The van der Waals surface area contributed by atoms with Crippen molar-refractivity contribution in [3.05, 3.63) is 36.2 Å². The van der Waals surface area contributed by atoms with E-state index in [9.17, 15) is 0 Å². The first-order valence-electron chi connectivity index (χ1n) is 6.39. The molecule has 1 aromatic carbocycles. The van der Waals surface area contributed by atoms with Gasteiger partial charge in [0.1, 0.15) is 11.4 Å². The lowest BCUT2D eigenvalue weighted by Crippen LogP contribution is -2.08. The Morgan fingerprint density at radius 3 is 2.90 bits per heavy atom. The van der Waals surface area contributed by atoms with Gasteiger partial charge in [-0.15, -0.1) is 5.10 Å². The summed E-state index contributed by atoms with van der Waals surface area (Å²) in [4.78, 5) is 4.48. The molecule has 1 aromatic heterocycles. The molecular formula is C14H17N5O. The minimum Gasteiger partial charge on any atom is -0.493 e. The van der Waals surface area contributed by atoms with Crippen molar-refractivity contribution in [1.29, 1.82) is 0 Å². The smallest absolute Gasteiger partial charge is 0.186 e. The van der Waals surface area contributed by atoms with Crippen LogP contribution < -0.4 is 10.2 Å². The molecule has 0 saturated heterocycles. The minimum absolute atomic E-state index is 0.525. The molecule has 6 nitrogen and oxygen atoms in total. The molecule has 0 amide bonds. The predicted octanol–water partition coefficient (Wildman–Crippen LogP) is 1.88. The fraction of sp³-hybridized carbons (Fsp3) is 0.286. The van der Waals surface area contributed by atoms with E-state index in [0.29, 0.717) is 18.1 Å². The molecule has 0 aliphatic carbocycles. The highest BCUT2D eigenvalue weighted by Gasteiger charge is 2.10. The number of hydrazone groups is 1. The monoisotopic (exact) mass is 271 g/mol. The molecule has 2 rings (SSSR count). The number of para-hydroxylation sites is 1. The second kappa shape index (κ2) is 6.60. The number of rotatable bonds is 5. The zero-order chi connectivity index (χ0) is 14.4. The van der Waals surface area contributed by atoms with Gasteiger partial charge in [0.2, 0.25) is 0 Å². The third-order valence-electron chi connectivity index (χ3n) is 2.64. The average molecular weight is 271 g/mol. The van der Waals surface area contributed by atoms with E-state index >= 15 is 0 Å². The topological polar surface area (TPSA) is 72.3 Å². The van der Waals surface area contributed by atoms with Gasteiger partial charge in [-0.05, 0) is 26.0 Å². The molecule has 0 atom stereocenters. The van der Waals surface area contributed by atoms with Crippen LogP contribution in [-0.4, -0.2) is 34.5 Å². The van der Waals surface area contributed by atoms with Crippen molar-refractivity contribution in [3.8, 4) is 17.1 Å². The van der Waals surface area contributed by atoms with Crippen LogP contribution in [0.3, 0.4) is 0 Å². The molecule has 20 heavy (non-hydrogen) atoms. The molecule has 0 saturated carbocycles. The van der Waals surface area contributed by atoms with Gasteiger partial charge >= 0.3 is 0 Å². The van der Waals surface area contributed by atoms with Crippen molar-refractivity contribution in [3.63, 3.8) is 0 Å². The van der Waals surface area contributed by atoms with Crippen molar-refractivity contribution in [2.45, 2.75) is 13.8 Å². The summed E-state index contributed by atoms with van der Waals surface area (Å²) in [5, 5.41) is 12.2. The first-order valence-corrected chi connectivity index (χ1v) is 6.39. The van der Waals surface area contributed by atoms with Crippen LogP contribution >= 0.6 is 0 Å². The molecule has 1 heterocycles. The summed E-state index contributed by atoms with van der Waals surface area (Å²) in [5.41, 5.74) is 4.98. The second-order valence-electron chi connectivity index (χ2n) is 4.02. The summed E-state index contributed by atoms with van der Waals surface area (Å²) in [6.45, 7) is 4.39. The van der Waals surface area contributed by atoms with E-state index in [4.69, 9.17) is 4.74 Å². The highest BCUT2D eigenvalue weighted by atomic mass is 16.5. The Balaban J connectivity index is 2.43. The first kappa shape index (κ1) is 13.9. The highest BCUT2D eigenvalue weighted by Crippen LogP contribution is 2.26. The van der Waals surface area contributed by atoms with Gasteiger partial charge < -0.3 is 10.2 Å². The van der Waals surface area contributed by atoms with E-state index in [1.54, 1.807) is 13.2 Å². The molecular weight excluding hydrogens is 254 g/mol. The van der Waals surface area contributed by atoms with Crippen LogP contribution in [0.4, 0.5) is 0 Å². The van der Waals surface area contributed by atoms with E-state index in [-0.39, 0.29) is 0 Å². The van der Waals surface area contributed by atoms with Gasteiger partial charge in [0.25, 0.3) is 0 Å². The Morgan fingerprint density at radius 2 is 2.15 bits per heavy atom. The number of nitrogens with zero attached hydrogens (tertiary/aromatic N) is 4. The maximum atomic E-state index is 5.59. The average Bonchev–Trinajstić information content (AvgIpc) is 2.48. The first-order chi connectivity index (χ1) is 9.76. The van der Waals surface area contributed by atoms with E-state index < -0.39 is 0 Å². The third-order valence-corrected chi connectivity index (χ3v) is 2.64. The predicted molar refractivity (Wildman–Crippen MR) is 77.7 cm³/mol. The van der Waals surface area contributed by atoms with E-state index in [2.05, 4.69) is 25.7 Å². The lowest BCUT2D eigenvalue weighted by atomic mass is 10.2. The SMILES string of the molecule is CCOc1ccccc1-c1nncc(/C(C)=N/NC)n1. The molecule has 0 aliphatic rings. The van der Waals surface area contributed by atoms with Crippen molar-refractivity contribution in [1.82, 2.24) is 20.6 Å². The van der Waals surface area contributed by atoms with Gasteiger partial charge in [0.15, 0.2) is 5.82 Å². The van der Waals surface area contributed by atoms with Gasteiger partial charge in [0.05, 0.1) is 24.1 Å². The minimum atomic E-state index is 0.525.